The predicted octanol–water partition coefficient (Wildman–Crippen LogP) is 6.73. The first-order valence-electron chi connectivity index (χ1n) is 8.72. The van der Waals surface area contributed by atoms with E-state index >= 15 is 0 Å². The zero-order valence-electron chi connectivity index (χ0n) is 14.4. The van der Waals surface area contributed by atoms with E-state index in [9.17, 15) is 0 Å². The number of fused-ring (bicyclic) bond motifs is 6. The van der Waals surface area contributed by atoms with Crippen LogP contribution in [0.4, 0.5) is 0 Å². The van der Waals surface area contributed by atoms with Crippen molar-refractivity contribution in [1.82, 2.24) is 4.57 Å². The molecule has 2 aromatic heterocycles. The molecule has 3 heteroatoms. The summed E-state index contributed by atoms with van der Waals surface area (Å²) in [5.74, 6) is 1.15. The van der Waals surface area contributed by atoms with E-state index in [-0.39, 0.29) is 0 Å². The van der Waals surface area contributed by atoms with Gasteiger partial charge in [-0.2, -0.15) is 0 Å². The smallest absolute Gasteiger partial charge is 0.137 e. The molecule has 25 heavy (non-hydrogen) atoms. The lowest BCUT2D eigenvalue weighted by molar-refractivity contribution is 0.669. The minimum atomic E-state index is 0.964. The van der Waals surface area contributed by atoms with Crippen molar-refractivity contribution in [1.29, 1.82) is 0 Å². The van der Waals surface area contributed by atoms with Gasteiger partial charge in [-0.3, -0.25) is 0 Å². The summed E-state index contributed by atoms with van der Waals surface area (Å²) in [6, 6.07) is 19.6. The molecule has 0 unspecified atom stereocenters. The maximum Gasteiger partial charge on any atom is 0.137 e. The van der Waals surface area contributed by atoms with Gasteiger partial charge in [-0.25, -0.2) is 0 Å². The lowest BCUT2D eigenvalue weighted by atomic mass is 10.1. The predicted molar refractivity (Wildman–Crippen MR) is 109 cm³/mol. The highest BCUT2D eigenvalue weighted by Crippen LogP contribution is 2.37. The molecule has 0 aliphatic carbocycles. The van der Waals surface area contributed by atoms with Gasteiger partial charge in [0.25, 0.3) is 0 Å². The van der Waals surface area contributed by atoms with Crippen LogP contribution in [0.5, 0.6) is 0 Å². The first-order chi connectivity index (χ1) is 12.3. The Morgan fingerprint density at radius 2 is 1.68 bits per heavy atom. The van der Waals surface area contributed by atoms with E-state index in [4.69, 9.17) is 4.42 Å². The molecule has 0 amide bonds. The number of nitrogens with zero attached hydrogens (tertiary/aromatic N) is 1. The fraction of sp³-hybridized carbons (Fsp3) is 0.182. The summed E-state index contributed by atoms with van der Waals surface area (Å²) in [6.45, 7) is 2.22. The van der Waals surface area contributed by atoms with Crippen molar-refractivity contribution in [3.8, 4) is 0 Å². The van der Waals surface area contributed by atoms with Gasteiger partial charge in [0.2, 0.25) is 0 Å². The van der Waals surface area contributed by atoms with E-state index < -0.39 is 0 Å². The minimum absolute atomic E-state index is 0.964. The lowest BCUT2D eigenvalue weighted by Crippen LogP contribution is -1.85. The SMILES string of the molecule is CCCSc1ccc2oc3cc4c(cc3c2c1)c1ccccc1n4C. The number of aryl methyl sites for hydroxylation is 1. The van der Waals surface area contributed by atoms with E-state index in [1.807, 2.05) is 11.8 Å². The van der Waals surface area contributed by atoms with Crippen LogP contribution in [0.2, 0.25) is 0 Å². The maximum absolute atomic E-state index is 6.15. The highest BCUT2D eigenvalue weighted by Gasteiger charge is 2.13. The number of hydrogen-bond donors (Lipinski definition) is 0. The van der Waals surface area contributed by atoms with Crippen LogP contribution in [0.3, 0.4) is 0 Å². The molecular weight excluding hydrogens is 326 g/mol. The third kappa shape index (κ3) is 2.19. The largest absolute Gasteiger partial charge is 0.456 e. The Labute approximate surface area is 150 Å². The molecule has 124 valence electrons. The first-order valence-corrected chi connectivity index (χ1v) is 9.71. The number of rotatable bonds is 3. The Morgan fingerprint density at radius 3 is 2.56 bits per heavy atom. The zero-order chi connectivity index (χ0) is 17.0. The second-order valence-electron chi connectivity index (χ2n) is 6.55. The quantitative estimate of drug-likeness (QED) is 0.337. The molecule has 0 bridgehead atoms. The van der Waals surface area contributed by atoms with Crippen molar-refractivity contribution in [2.75, 3.05) is 5.75 Å². The molecule has 0 aliphatic heterocycles. The monoisotopic (exact) mass is 345 g/mol. The maximum atomic E-state index is 6.15. The van der Waals surface area contributed by atoms with Crippen molar-refractivity contribution in [2.45, 2.75) is 18.2 Å². The average molecular weight is 345 g/mol. The van der Waals surface area contributed by atoms with Crippen LogP contribution >= 0.6 is 11.8 Å². The number of aromatic nitrogens is 1. The molecule has 2 heterocycles. The fourth-order valence-electron chi connectivity index (χ4n) is 3.72. The standard InChI is InChI=1S/C22H19NOS/c1-3-10-25-14-8-9-21-17(11-14)18-12-16-15-6-4-5-7-19(15)23(2)20(16)13-22(18)24-21/h4-9,11-13H,3,10H2,1-2H3. The molecule has 2 nitrogen and oxygen atoms in total. The number of thioether (sulfide) groups is 1. The highest BCUT2D eigenvalue weighted by molar-refractivity contribution is 7.99. The van der Waals surface area contributed by atoms with E-state index in [1.54, 1.807) is 0 Å². The van der Waals surface area contributed by atoms with Crippen LogP contribution in [-0.4, -0.2) is 10.3 Å². The molecule has 3 aromatic carbocycles. The summed E-state index contributed by atoms with van der Waals surface area (Å²) in [5, 5.41) is 5.01. The summed E-state index contributed by atoms with van der Waals surface area (Å²) in [7, 11) is 2.12. The zero-order valence-corrected chi connectivity index (χ0v) is 15.2. The summed E-state index contributed by atoms with van der Waals surface area (Å²) in [5.41, 5.74) is 4.41. The Balaban J connectivity index is 1.84. The van der Waals surface area contributed by atoms with Crippen molar-refractivity contribution in [3.63, 3.8) is 0 Å². The topological polar surface area (TPSA) is 18.1 Å². The molecule has 5 aromatic rings. The molecule has 0 saturated carbocycles. The molecule has 0 radical (unpaired) electrons. The highest BCUT2D eigenvalue weighted by atomic mass is 32.2. The third-order valence-corrected chi connectivity index (χ3v) is 6.15. The third-order valence-electron chi connectivity index (χ3n) is 4.95. The van der Waals surface area contributed by atoms with Crippen molar-refractivity contribution >= 4 is 55.5 Å². The molecule has 0 fully saturated rings. The molecule has 0 saturated heterocycles. The molecule has 0 aliphatic rings. The average Bonchev–Trinajstić information content (AvgIpc) is 3.14. The Bertz CT molecular complexity index is 1250. The minimum Gasteiger partial charge on any atom is -0.456 e. The van der Waals surface area contributed by atoms with Gasteiger partial charge >= 0.3 is 0 Å². The van der Waals surface area contributed by atoms with Crippen LogP contribution < -0.4 is 0 Å². The molecular formula is C22H19NOS. The van der Waals surface area contributed by atoms with Crippen molar-refractivity contribution in [3.05, 3.63) is 54.6 Å². The van der Waals surface area contributed by atoms with Gasteiger partial charge in [-0.1, -0.05) is 25.1 Å². The number of hydrogen-bond acceptors (Lipinski definition) is 2. The van der Waals surface area contributed by atoms with Gasteiger partial charge in [0.05, 0.1) is 5.52 Å². The second kappa shape index (κ2) is 5.57. The Morgan fingerprint density at radius 1 is 0.840 bits per heavy atom. The van der Waals surface area contributed by atoms with Gasteiger partial charge in [-0.05, 0) is 42.5 Å². The molecule has 5 rings (SSSR count). The first kappa shape index (κ1) is 14.9. The van der Waals surface area contributed by atoms with Gasteiger partial charge < -0.3 is 8.98 Å². The van der Waals surface area contributed by atoms with Crippen LogP contribution in [0.25, 0.3) is 43.7 Å². The number of benzene rings is 3. The lowest BCUT2D eigenvalue weighted by Gasteiger charge is -1.99. The van der Waals surface area contributed by atoms with Gasteiger partial charge in [-0.15, -0.1) is 11.8 Å². The molecule has 0 atom stereocenters. The van der Waals surface area contributed by atoms with Crippen molar-refractivity contribution in [2.24, 2.45) is 7.05 Å². The number of furan rings is 1. The second-order valence-corrected chi connectivity index (χ2v) is 7.72. The normalized spacial score (nSPS) is 12.1. The van der Waals surface area contributed by atoms with E-state index in [2.05, 4.69) is 73.1 Å². The van der Waals surface area contributed by atoms with Crippen LogP contribution in [0.1, 0.15) is 13.3 Å². The summed E-state index contributed by atoms with van der Waals surface area (Å²) >= 11 is 1.91. The summed E-state index contributed by atoms with van der Waals surface area (Å²) in [6.07, 6.45) is 1.19. The number of para-hydroxylation sites is 1. The van der Waals surface area contributed by atoms with Crippen molar-refractivity contribution < 1.29 is 4.42 Å². The molecule has 0 spiro atoms. The van der Waals surface area contributed by atoms with Crippen LogP contribution in [-0.2, 0) is 7.05 Å². The fourth-order valence-corrected chi connectivity index (χ4v) is 4.52. The summed E-state index contributed by atoms with van der Waals surface area (Å²) < 4.78 is 8.40. The van der Waals surface area contributed by atoms with Gasteiger partial charge in [0, 0.05) is 45.1 Å². The Hall–Kier alpha value is -2.39. The van der Waals surface area contributed by atoms with Gasteiger partial charge in [0.1, 0.15) is 11.2 Å². The Kier molecular flexibility index (Phi) is 3.32. The van der Waals surface area contributed by atoms with E-state index in [0.717, 1.165) is 16.9 Å². The summed E-state index contributed by atoms with van der Waals surface area (Å²) in [4.78, 5) is 1.31. The van der Waals surface area contributed by atoms with Crippen LogP contribution in [0.15, 0.2) is 63.9 Å². The van der Waals surface area contributed by atoms with Gasteiger partial charge in [0.15, 0.2) is 0 Å². The molecule has 0 N–H and O–H groups in total. The van der Waals surface area contributed by atoms with E-state index in [1.165, 1.54) is 43.9 Å². The van der Waals surface area contributed by atoms with Crippen LogP contribution in [0, 0.1) is 0 Å². The van der Waals surface area contributed by atoms with E-state index in [0.29, 0.717) is 0 Å².